The molecule has 2 aromatic rings. The van der Waals surface area contributed by atoms with Gasteiger partial charge in [-0.1, -0.05) is 26.0 Å². The van der Waals surface area contributed by atoms with Crippen LogP contribution in [0.4, 0.5) is 5.69 Å². The van der Waals surface area contributed by atoms with Crippen molar-refractivity contribution >= 4 is 11.6 Å². The lowest BCUT2D eigenvalue weighted by molar-refractivity contribution is 0.102. The van der Waals surface area contributed by atoms with Gasteiger partial charge in [0.05, 0.1) is 5.54 Å². The number of carbonyl (C=O) groups is 1. The number of rotatable bonds is 5. The van der Waals surface area contributed by atoms with Crippen LogP contribution >= 0.6 is 0 Å². The van der Waals surface area contributed by atoms with Gasteiger partial charge in [-0.15, -0.1) is 0 Å². The Morgan fingerprint density at radius 2 is 1.88 bits per heavy atom. The van der Waals surface area contributed by atoms with Crippen LogP contribution in [0.15, 0.2) is 30.3 Å². The molecule has 5 heteroatoms. The number of hydrogen-bond donors (Lipinski definition) is 2. The fraction of sp³-hybridized carbons (Fsp3) is 0.474. The predicted molar refractivity (Wildman–Crippen MR) is 96.5 cm³/mol. The number of anilines is 1. The number of carbonyl (C=O) groups excluding carboxylic acids is 1. The van der Waals surface area contributed by atoms with Crippen LogP contribution in [0.2, 0.25) is 0 Å². The summed E-state index contributed by atoms with van der Waals surface area (Å²) in [6.45, 7) is 10.5. The van der Waals surface area contributed by atoms with Gasteiger partial charge in [0.15, 0.2) is 5.69 Å². The van der Waals surface area contributed by atoms with Gasteiger partial charge in [0, 0.05) is 18.0 Å². The van der Waals surface area contributed by atoms with E-state index in [1.807, 2.05) is 35.0 Å². The normalized spacial score (nSPS) is 11.8. The minimum Gasteiger partial charge on any atom is -0.396 e. The Morgan fingerprint density at radius 3 is 2.33 bits per heavy atom. The first kappa shape index (κ1) is 18.2. The van der Waals surface area contributed by atoms with Crippen LogP contribution < -0.4 is 5.32 Å². The molecule has 5 nitrogen and oxygen atoms in total. The van der Waals surface area contributed by atoms with Crippen molar-refractivity contribution in [2.45, 2.75) is 52.5 Å². The van der Waals surface area contributed by atoms with Gasteiger partial charge in [-0.25, -0.2) is 0 Å². The zero-order valence-electron chi connectivity index (χ0n) is 15.1. The van der Waals surface area contributed by atoms with Gasteiger partial charge in [0.25, 0.3) is 5.91 Å². The lowest BCUT2D eigenvalue weighted by Crippen LogP contribution is -2.26. The predicted octanol–water partition coefficient (Wildman–Crippen LogP) is 3.55. The number of nitrogens with zero attached hydrogens (tertiary/aromatic N) is 2. The fourth-order valence-corrected chi connectivity index (χ4v) is 2.53. The highest BCUT2D eigenvalue weighted by atomic mass is 16.3. The Morgan fingerprint density at radius 1 is 1.25 bits per heavy atom. The van der Waals surface area contributed by atoms with Crippen LogP contribution in [-0.2, 0) is 12.0 Å². The van der Waals surface area contributed by atoms with Crippen LogP contribution in [0, 0.1) is 0 Å². The van der Waals surface area contributed by atoms with Crippen molar-refractivity contribution < 1.29 is 9.90 Å². The molecule has 0 saturated carbocycles. The minimum atomic E-state index is -0.213. The van der Waals surface area contributed by atoms with Crippen molar-refractivity contribution in [3.8, 4) is 0 Å². The van der Waals surface area contributed by atoms with Crippen molar-refractivity contribution in [2.75, 3.05) is 11.9 Å². The smallest absolute Gasteiger partial charge is 0.276 e. The van der Waals surface area contributed by atoms with E-state index in [-0.39, 0.29) is 24.0 Å². The molecule has 130 valence electrons. The lowest BCUT2D eigenvalue weighted by Gasteiger charge is -2.23. The van der Waals surface area contributed by atoms with Crippen LogP contribution in [0.25, 0.3) is 0 Å². The van der Waals surface area contributed by atoms with E-state index in [0.717, 1.165) is 16.9 Å². The first-order chi connectivity index (χ1) is 11.2. The monoisotopic (exact) mass is 329 g/mol. The summed E-state index contributed by atoms with van der Waals surface area (Å²) in [5.74, 6) is 0.0749. The molecule has 2 rings (SSSR count). The molecule has 0 saturated heterocycles. The van der Waals surface area contributed by atoms with Crippen molar-refractivity contribution in [1.29, 1.82) is 0 Å². The fourth-order valence-electron chi connectivity index (χ4n) is 2.53. The molecular weight excluding hydrogens is 302 g/mol. The maximum atomic E-state index is 12.5. The van der Waals surface area contributed by atoms with E-state index in [1.165, 1.54) is 0 Å². The van der Waals surface area contributed by atoms with Gasteiger partial charge in [-0.2, -0.15) is 5.10 Å². The molecule has 0 aliphatic carbocycles. The summed E-state index contributed by atoms with van der Waals surface area (Å²) in [5, 5.41) is 16.3. The Labute approximate surface area is 143 Å². The summed E-state index contributed by atoms with van der Waals surface area (Å²) in [4.78, 5) is 12.5. The molecule has 0 unspecified atom stereocenters. The van der Waals surface area contributed by atoms with Crippen LogP contribution in [0.5, 0.6) is 0 Å². The third kappa shape index (κ3) is 4.23. The Kier molecular flexibility index (Phi) is 5.44. The first-order valence-electron chi connectivity index (χ1n) is 8.34. The second kappa shape index (κ2) is 7.18. The molecule has 0 bridgehead atoms. The van der Waals surface area contributed by atoms with Crippen molar-refractivity contribution in [3.05, 3.63) is 47.3 Å². The van der Waals surface area contributed by atoms with E-state index in [2.05, 4.69) is 45.0 Å². The Bertz CT molecular complexity index is 694. The Hall–Kier alpha value is -2.14. The molecule has 0 aliphatic rings. The van der Waals surface area contributed by atoms with E-state index < -0.39 is 0 Å². The summed E-state index contributed by atoms with van der Waals surface area (Å²) >= 11 is 0. The number of hydrogen-bond acceptors (Lipinski definition) is 3. The zero-order chi connectivity index (χ0) is 17.9. The second-order valence-corrected chi connectivity index (χ2v) is 7.32. The van der Waals surface area contributed by atoms with E-state index in [9.17, 15) is 4.79 Å². The summed E-state index contributed by atoms with van der Waals surface area (Å²) in [6.07, 6.45) is 0.613. The number of benzene rings is 1. The van der Waals surface area contributed by atoms with Gasteiger partial charge in [0.2, 0.25) is 0 Å². The summed E-state index contributed by atoms with van der Waals surface area (Å²) in [5.41, 5.74) is 3.05. The topological polar surface area (TPSA) is 67.2 Å². The van der Waals surface area contributed by atoms with Crippen LogP contribution in [0.3, 0.4) is 0 Å². The molecule has 0 atom stereocenters. The van der Waals surface area contributed by atoms with Gasteiger partial charge in [0.1, 0.15) is 0 Å². The second-order valence-electron chi connectivity index (χ2n) is 7.32. The molecule has 0 fully saturated rings. The first-order valence-corrected chi connectivity index (χ1v) is 8.34. The summed E-state index contributed by atoms with van der Waals surface area (Å²) in [7, 11) is 0. The largest absolute Gasteiger partial charge is 0.396 e. The van der Waals surface area contributed by atoms with E-state index >= 15 is 0 Å². The standard InChI is InChI=1S/C19H27N3O2/c1-13(2)17-12-16(21-22(17)19(3,4)5)18(24)20-15-8-6-14(7-9-15)10-11-23/h6-9,12-13,23H,10-11H2,1-5H3,(H,20,24). The molecule has 2 N–H and O–H groups in total. The highest BCUT2D eigenvalue weighted by Crippen LogP contribution is 2.24. The van der Waals surface area contributed by atoms with Crippen LogP contribution in [0.1, 0.15) is 62.3 Å². The number of aliphatic hydroxyl groups is 1. The third-order valence-electron chi connectivity index (χ3n) is 3.81. The van der Waals surface area contributed by atoms with E-state index in [1.54, 1.807) is 0 Å². The summed E-state index contributed by atoms with van der Waals surface area (Å²) in [6, 6.07) is 9.35. The maximum Gasteiger partial charge on any atom is 0.276 e. The summed E-state index contributed by atoms with van der Waals surface area (Å²) < 4.78 is 1.93. The van der Waals surface area contributed by atoms with Crippen molar-refractivity contribution in [2.24, 2.45) is 0 Å². The van der Waals surface area contributed by atoms with Crippen LogP contribution in [-0.4, -0.2) is 27.4 Å². The molecule has 0 aliphatic heterocycles. The van der Waals surface area contributed by atoms with Crippen molar-refractivity contribution in [1.82, 2.24) is 9.78 Å². The number of aromatic nitrogens is 2. The molecule has 1 amide bonds. The zero-order valence-corrected chi connectivity index (χ0v) is 15.1. The third-order valence-corrected chi connectivity index (χ3v) is 3.81. The highest BCUT2D eigenvalue weighted by Gasteiger charge is 2.23. The van der Waals surface area contributed by atoms with Gasteiger partial charge < -0.3 is 10.4 Å². The number of nitrogens with one attached hydrogen (secondary N) is 1. The Balaban J connectivity index is 2.20. The molecule has 1 aromatic carbocycles. The lowest BCUT2D eigenvalue weighted by atomic mass is 10.1. The maximum absolute atomic E-state index is 12.5. The number of aliphatic hydroxyl groups excluding tert-OH is 1. The SMILES string of the molecule is CC(C)c1cc(C(=O)Nc2ccc(CCO)cc2)nn1C(C)(C)C. The van der Waals surface area contributed by atoms with Gasteiger partial charge in [-0.05, 0) is 56.9 Å². The molecule has 0 spiro atoms. The van der Waals surface area contributed by atoms with E-state index in [0.29, 0.717) is 12.1 Å². The quantitative estimate of drug-likeness (QED) is 0.881. The highest BCUT2D eigenvalue weighted by molar-refractivity contribution is 6.02. The molecule has 24 heavy (non-hydrogen) atoms. The molecule has 1 aromatic heterocycles. The van der Waals surface area contributed by atoms with Gasteiger partial charge >= 0.3 is 0 Å². The van der Waals surface area contributed by atoms with E-state index in [4.69, 9.17) is 5.11 Å². The molecule has 1 heterocycles. The average molecular weight is 329 g/mol. The average Bonchev–Trinajstić information content (AvgIpc) is 2.95. The molecule has 0 radical (unpaired) electrons. The van der Waals surface area contributed by atoms with Gasteiger partial charge in [-0.3, -0.25) is 9.48 Å². The number of amides is 1. The van der Waals surface area contributed by atoms with Crippen molar-refractivity contribution in [3.63, 3.8) is 0 Å². The molecular formula is C19H27N3O2. The minimum absolute atomic E-state index is 0.119.